The van der Waals surface area contributed by atoms with Gasteiger partial charge in [0, 0.05) is 38.8 Å². The summed E-state index contributed by atoms with van der Waals surface area (Å²) >= 11 is 0. The van der Waals surface area contributed by atoms with Crippen LogP contribution in [-0.2, 0) is 0 Å². The van der Waals surface area contributed by atoms with Crippen LogP contribution in [0.2, 0.25) is 0 Å². The molecule has 1 heterocycles. The first-order valence-electron chi connectivity index (χ1n) is 7.98. The molecule has 1 atom stereocenters. The monoisotopic (exact) mass is 328 g/mol. The van der Waals surface area contributed by atoms with Gasteiger partial charge in [-0.25, -0.2) is 0 Å². The predicted octanol–water partition coefficient (Wildman–Crippen LogP) is 2.91. The van der Waals surface area contributed by atoms with Crippen LogP contribution in [0.1, 0.15) is 20.3 Å². The maximum atomic E-state index is 5.86. The lowest BCUT2D eigenvalue weighted by molar-refractivity contribution is 0.133. The maximum Gasteiger partial charge on any atom is 0.123 e. The molecular weight excluding hydrogens is 300 g/mol. The van der Waals surface area contributed by atoms with Crippen molar-refractivity contribution in [3.8, 4) is 11.5 Å². The number of hydrogen-bond donors (Lipinski definition) is 0. The highest BCUT2D eigenvalue weighted by Gasteiger charge is 2.13. The third-order valence-corrected chi connectivity index (χ3v) is 3.99. The Balaban J connectivity index is 0.00000242. The fourth-order valence-corrected chi connectivity index (χ4v) is 2.32. The van der Waals surface area contributed by atoms with E-state index >= 15 is 0 Å². The second-order valence-corrected chi connectivity index (χ2v) is 5.80. The number of rotatable bonds is 7. The van der Waals surface area contributed by atoms with Crippen molar-refractivity contribution in [2.45, 2.75) is 26.4 Å². The van der Waals surface area contributed by atoms with Gasteiger partial charge in [-0.1, -0.05) is 13.0 Å². The van der Waals surface area contributed by atoms with E-state index in [9.17, 15) is 0 Å². The van der Waals surface area contributed by atoms with E-state index < -0.39 is 0 Å². The van der Waals surface area contributed by atoms with Gasteiger partial charge >= 0.3 is 0 Å². The van der Waals surface area contributed by atoms with E-state index in [4.69, 9.17) is 9.47 Å². The van der Waals surface area contributed by atoms with E-state index in [1.54, 1.807) is 0 Å². The van der Waals surface area contributed by atoms with E-state index in [0.29, 0.717) is 0 Å². The normalized spacial score (nSPS) is 17.6. The van der Waals surface area contributed by atoms with Crippen LogP contribution in [0.15, 0.2) is 24.3 Å². The average molecular weight is 329 g/mol. The van der Waals surface area contributed by atoms with Crippen LogP contribution in [0, 0.1) is 0 Å². The largest absolute Gasteiger partial charge is 0.492 e. The van der Waals surface area contributed by atoms with Crippen molar-refractivity contribution >= 4 is 12.4 Å². The first kappa shape index (κ1) is 19.1. The molecule has 126 valence electrons. The van der Waals surface area contributed by atoms with Crippen LogP contribution in [0.4, 0.5) is 0 Å². The van der Waals surface area contributed by atoms with Gasteiger partial charge in [-0.15, -0.1) is 12.4 Å². The minimum absolute atomic E-state index is 0. The minimum atomic E-state index is 0. The SMILES string of the molecule is CCC(C)Oc1cccc(OCCN2CCN(C)CC2)c1.Cl. The van der Waals surface area contributed by atoms with Gasteiger partial charge < -0.3 is 14.4 Å². The van der Waals surface area contributed by atoms with Crippen molar-refractivity contribution in [1.29, 1.82) is 0 Å². The molecule has 0 aromatic heterocycles. The number of nitrogens with zero attached hydrogens (tertiary/aromatic N) is 2. The molecule has 5 heteroatoms. The Kier molecular flexibility index (Phi) is 8.61. The first-order valence-corrected chi connectivity index (χ1v) is 7.98. The fourth-order valence-electron chi connectivity index (χ4n) is 2.32. The van der Waals surface area contributed by atoms with Gasteiger partial charge in [0.1, 0.15) is 18.1 Å². The summed E-state index contributed by atoms with van der Waals surface area (Å²) in [6.45, 7) is 10.5. The van der Waals surface area contributed by atoms with Crippen LogP contribution < -0.4 is 9.47 Å². The first-order chi connectivity index (χ1) is 10.2. The quantitative estimate of drug-likeness (QED) is 0.768. The van der Waals surface area contributed by atoms with Crippen LogP contribution in [0.5, 0.6) is 11.5 Å². The molecule has 4 nitrogen and oxygen atoms in total. The molecule has 1 aromatic carbocycles. The van der Waals surface area contributed by atoms with Gasteiger partial charge in [0.05, 0.1) is 6.10 Å². The molecule has 0 saturated carbocycles. The van der Waals surface area contributed by atoms with E-state index in [1.807, 2.05) is 24.3 Å². The Morgan fingerprint density at radius 2 is 1.82 bits per heavy atom. The molecule has 0 amide bonds. The third-order valence-electron chi connectivity index (χ3n) is 3.99. The molecule has 0 aliphatic carbocycles. The van der Waals surface area contributed by atoms with Crippen molar-refractivity contribution in [2.24, 2.45) is 0 Å². The topological polar surface area (TPSA) is 24.9 Å². The molecule has 1 fully saturated rings. The zero-order chi connectivity index (χ0) is 15.1. The Morgan fingerprint density at radius 3 is 2.50 bits per heavy atom. The maximum absolute atomic E-state index is 5.86. The lowest BCUT2D eigenvalue weighted by atomic mass is 10.3. The summed E-state index contributed by atoms with van der Waals surface area (Å²) in [4.78, 5) is 4.83. The summed E-state index contributed by atoms with van der Waals surface area (Å²) in [5, 5.41) is 0. The van der Waals surface area contributed by atoms with Gasteiger partial charge in [0.15, 0.2) is 0 Å². The highest BCUT2D eigenvalue weighted by atomic mass is 35.5. The molecule has 1 unspecified atom stereocenters. The predicted molar refractivity (Wildman–Crippen MR) is 93.5 cm³/mol. The van der Waals surface area contributed by atoms with Crippen molar-refractivity contribution in [1.82, 2.24) is 9.80 Å². The molecule has 1 aliphatic heterocycles. The molecule has 0 bridgehead atoms. The summed E-state index contributed by atoms with van der Waals surface area (Å²) < 4.78 is 11.7. The molecule has 0 radical (unpaired) electrons. The molecule has 1 aliphatic rings. The smallest absolute Gasteiger partial charge is 0.123 e. The zero-order valence-corrected chi connectivity index (χ0v) is 14.8. The third kappa shape index (κ3) is 6.42. The molecule has 0 N–H and O–H groups in total. The second-order valence-electron chi connectivity index (χ2n) is 5.80. The van der Waals surface area contributed by atoms with Crippen LogP contribution >= 0.6 is 12.4 Å². The molecular formula is C17H29ClN2O2. The second kappa shape index (κ2) is 9.93. The van der Waals surface area contributed by atoms with Crippen molar-refractivity contribution in [3.05, 3.63) is 24.3 Å². The summed E-state index contributed by atoms with van der Waals surface area (Å²) in [5.74, 6) is 1.78. The Bertz CT molecular complexity index is 423. The van der Waals surface area contributed by atoms with Crippen LogP contribution in [0.3, 0.4) is 0 Å². The molecule has 2 rings (SSSR count). The van der Waals surface area contributed by atoms with E-state index in [2.05, 4.69) is 30.7 Å². The number of piperazine rings is 1. The lowest BCUT2D eigenvalue weighted by Crippen LogP contribution is -2.45. The average Bonchev–Trinajstić information content (AvgIpc) is 2.49. The number of ether oxygens (including phenoxy) is 2. The minimum Gasteiger partial charge on any atom is -0.492 e. The van der Waals surface area contributed by atoms with Crippen LogP contribution in [0.25, 0.3) is 0 Å². The Hall–Kier alpha value is -0.970. The molecule has 0 spiro atoms. The Labute approximate surface area is 140 Å². The van der Waals surface area contributed by atoms with Gasteiger partial charge in [-0.3, -0.25) is 4.90 Å². The fraction of sp³-hybridized carbons (Fsp3) is 0.647. The van der Waals surface area contributed by atoms with Gasteiger partial charge in [0.25, 0.3) is 0 Å². The summed E-state index contributed by atoms with van der Waals surface area (Å²) in [5.41, 5.74) is 0. The number of hydrogen-bond acceptors (Lipinski definition) is 4. The van der Waals surface area contributed by atoms with E-state index in [1.165, 1.54) is 0 Å². The van der Waals surface area contributed by atoms with Gasteiger partial charge in [-0.05, 0) is 32.5 Å². The lowest BCUT2D eigenvalue weighted by Gasteiger charge is -2.32. The van der Waals surface area contributed by atoms with Crippen LogP contribution in [-0.4, -0.2) is 62.3 Å². The Morgan fingerprint density at radius 1 is 1.14 bits per heavy atom. The standard InChI is InChI=1S/C17H28N2O2.ClH/c1-4-15(2)21-17-7-5-6-16(14-17)20-13-12-19-10-8-18(3)9-11-19;/h5-7,14-15H,4,8-13H2,1-3H3;1H. The van der Waals surface area contributed by atoms with Crippen molar-refractivity contribution < 1.29 is 9.47 Å². The van der Waals surface area contributed by atoms with Gasteiger partial charge in [-0.2, -0.15) is 0 Å². The number of likely N-dealkylation sites (N-methyl/N-ethyl adjacent to an activating group) is 1. The zero-order valence-electron chi connectivity index (χ0n) is 14.0. The summed E-state index contributed by atoms with van der Waals surface area (Å²) in [6, 6.07) is 7.95. The highest BCUT2D eigenvalue weighted by Crippen LogP contribution is 2.21. The summed E-state index contributed by atoms with van der Waals surface area (Å²) in [6.07, 6.45) is 1.25. The molecule has 1 aromatic rings. The van der Waals surface area contributed by atoms with Gasteiger partial charge in [0.2, 0.25) is 0 Å². The summed E-state index contributed by atoms with van der Waals surface area (Å²) in [7, 11) is 2.18. The molecule has 1 saturated heterocycles. The molecule has 22 heavy (non-hydrogen) atoms. The number of halogens is 1. The van der Waals surface area contributed by atoms with Crippen molar-refractivity contribution in [2.75, 3.05) is 46.4 Å². The van der Waals surface area contributed by atoms with Crippen molar-refractivity contribution in [3.63, 3.8) is 0 Å². The highest BCUT2D eigenvalue weighted by molar-refractivity contribution is 5.85. The van der Waals surface area contributed by atoms with E-state index in [0.717, 1.165) is 57.3 Å². The van der Waals surface area contributed by atoms with E-state index in [-0.39, 0.29) is 18.5 Å². The number of benzene rings is 1.